The molecule has 5 heterocycles. The van der Waals surface area contributed by atoms with Crippen molar-refractivity contribution in [2.45, 2.75) is 181 Å². The van der Waals surface area contributed by atoms with Gasteiger partial charge in [-0.3, -0.25) is 9.59 Å². The van der Waals surface area contributed by atoms with E-state index in [1.54, 1.807) is 0 Å². The van der Waals surface area contributed by atoms with E-state index in [4.69, 9.17) is 42.6 Å². The number of carbonyl (C=O) groups is 2. The van der Waals surface area contributed by atoms with Crippen molar-refractivity contribution in [3.63, 3.8) is 0 Å². The summed E-state index contributed by atoms with van der Waals surface area (Å²) in [6, 6.07) is -3.05. The zero-order chi connectivity index (χ0) is 44.5. The fraction of sp³-hybridized carbons (Fsp3) is 0.941. The van der Waals surface area contributed by atoms with Gasteiger partial charge in [-0.15, -0.1) is 0 Å². The van der Waals surface area contributed by atoms with Crippen LogP contribution in [0.25, 0.3) is 0 Å². The van der Waals surface area contributed by atoms with E-state index in [1.165, 1.54) is 13.8 Å². The van der Waals surface area contributed by atoms with E-state index >= 15 is 0 Å². The molecule has 0 aromatic rings. The van der Waals surface area contributed by atoms with Crippen LogP contribution in [0, 0.1) is 0 Å². The largest absolute Gasteiger partial charge is 0.394 e. The Morgan fingerprint density at radius 1 is 0.433 bits per heavy atom. The summed E-state index contributed by atoms with van der Waals surface area (Å²) in [7, 11) is 0. The third kappa shape index (κ3) is 10.4. The van der Waals surface area contributed by atoms with E-state index in [0.717, 1.165) is 13.8 Å². The molecular weight excluding hydrogens is 820 g/mol. The lowest BCUT2D eigenvalue weighted by Gasteiger charge is -2.50. The van der Waals surface area contributed by atoms with Crippen molar-refractivity contribution in [2.24, 2.45) is 0 Å². The van der Waals surface area contributed by atoms with Gasteiger partial charge in [-0.25, -0.2) is 0 Å². The maximum Gasteiger partial charge on any atom is 0.217 e. The molecule has 5 fully saturated rings. The summed E-state index contributed by atoms with van der Waals surface area (Å²) in [5, 5.41) is 144. The number of amides is 2. The Bertz CT molecular complexity index is 1410. The topological polar surface area (TPSA) is 404 Å². The molecule has 0 aliphatic carbocycles. The van der Waals surface area contributed by atoms with Gasteiger partial charge in [0.15, 0.2) is 31.5 Å². The number of rotatable bonds is 13. The summed E-state index contributed by atoms with van der Waals surface area (Å²) in [4.78, 5) is 24.0. The van der Waals surface area contributed by atoms with Crippen molar-refractivity contribution >= 4 is 11.8 Å². The normalized spacial score (nSPS) is 50.2. The van der Waals surface area contributed by atoms with Gasteiger partial charge in [-0.05, 0) is 13.8 Å². The van der Waals surface area contributed by atoms with Crippen molar-refractivity contribution in [3.05, 3.63) is 0 Å². The van der Waals surface area contributed by atoms with Crippen LogP contribution in [0.2, 0.25) is 0 Å². The maximum atomic E-state index is 12.0. The molecule has 0 aromatic heterocycles. The molecular formula is C34H58N2O24. The fourth-order valence-corrected chi connectivity index (χ4v) is 7.68. The summed E-state index contributed by atoms with van der Waals surface area (Å²) >= 11 is 0. The average molecular weight is 879 g/mol. The second kappa shape index (κ2) is 20.7. The lowest BCUT2D eigenvalue weighted by Crippen LogP contribution is -2.69. The molecule has 5 aliphatic heterocycles. The Hall–Kier alpha value is -1.94. The number of ether oxygens (including phenoxy) is 9. The number of aliphatic hydroxyl groups is 13. The first kappa shape index (κ1) is 49.1. The molecule has 26 nitrogen and oxygen atoms in total. The molecule has 0 spiro atoms. The van der Waals surface area contributed by atoms with Gasteiger partial charge < -0.3 is 120 Å². The highest BCUT2D eigenvalue weighted by molar-refractivity contribution is 5.73. The van der Waals surface area contributed by atoms with Gasteiger partial charge in [-0.2, -0.15) is 0 Å². The molecule has 0 aromatic carbocycles. The average Bonchev–Trinajstić information content (AvgIpc) is 3.19. The molecule has 15 N–H and O–H groups in total. The van der Waals surface area contributed by atoms with Crippen LogP contribution in [0.15, 0.2) is 0 Å². The minimum Gasteiger partial charge on any atom is -0.394 e. The highest BCUT2D eigenvalue weighted by atomic mass is 16.8. The number of carbonyl (C=O) groups excluding carboxylic acids is 2. The third-order valence-electron chi connectivity index (χ3n) is 11.0. The highest BCUT2D eigenvalue weighted by Gasteiger charge is 2.57. The van der Waals surface area contributed by atoms with Crippen LogP contribution in [0.3, 0.4) is 0 Å². The Labute approximate surface area is 342 Å². The van der Waals surface area contributed by atoms with Gasteiger partial charge in [0, 0.05) is 13.8 Å². The third-order valence-corrected chi connectivity index (χ3v) is 11.0. The van der Waals surface area contributed by atoms with E-state index in [1.807, 2.05) is 0 Å². The minimum atomic E-state index is -2.08. The molecule has 25 atom stereocenters. The van der Waals surface area contributed by atoms with E-state index in [0.29, 0.717) is 0 Å². The molecule has 5 saturated heterocycles. The first-order chi connectivity index (χ1) is 28.2. The quantitative estimate of drug-likeness (QED) is 0.0817. The molecule has 0 bridgehead atoms. The van der Waals surface area contributed by atoms with E-state index in [-0.39, 0.29) is 0 Å². The van der Waals surface area contributed by atoms with Crippen LogP contribution in [-0.2, 0) is 52.2 Å². The second-order valence-electron chi connectivity index (χ2n) is 15.4. The van der Waals surface area contributed by atoms with Gasteiger partial charge in [0.05, 0.1) is 32.0 Å². The molecule has 348 valence electrons. The van der Waals surface area contributed by atoms with E-state index in [9.17, 15) is 76.0 Å². The van der Waals surface area contributed by atoms with Crippen LogP contribution in [-0.4, -0.2) is 251 Å². The van der Waals surface area contributed by atoms with E-state index in [2.05, 4.69) is 10.6 Å². The molecule has 60 heavy (non-hydrogen) atoms. The van der Waals surface area contributed by atoms with Crippen LogP contribution in [0.1, 0.15) is 27.7 Å². The van der Waals surface area contributed by atoms with Gasteiger partial charge >= 0.3 is 0 Å². The number of aliphatic hydroxyl groups excluding tert-OH is 13. The standard InChI is InChI=1S/C34H58N2O24/c1-8-18(43)24(49)29(60-34-28(23(48)17(42)9(2)53-34)59-31-15(35-10(3)40)22(47)19(44)12(5-37)55-31)33(52-8)58-27-21(46)14(7-39)56-32(25(27)50)57-26-16(36-11(4)41)30(51)54-13(6-38)20(26)45/h8-9,12-34,37-39,42-51H,5-7H2,1-4H3,(H,35,40)(H,36,41)/t8-,9-,12+,13+,14+,15-,16+,17-,18-,19+,20+,21+,22+,23+,24+,25+,26+,27-,28+,29+,30?,31-,32+,33-,34-/m0/s1. The van der Waals surface area contributed by atoms with Gasteiger partial charge in [-0.1, -0.05) is 0 Å². The molecule has 1 unspecified atom stereocenters. The SMILES string of the molecule is CC(=O)N[C@@H]1[C@H](O[C@H]2[C@H](O[C@H]3[C@H](O[C@@H]4[C@@H](O)[C@@H](O[C@H]5[C@H](O)[C@@H](CO)OC(O)[C@@H]5NC(C)=O)O[C@H](CO)[C@H]4O)O[C@@H](C)[C@H](O)[C@H]3O)O[C@@H](C)[C@H](O)[C@H]2O)O[C@H](CO)[C@@H](O)[C@@H]1O. The minimum absolute atomic E-state index is 0.702. The summed E-state index contributed by atoms with van der Waals surface area (Å²) in [5.74, 6) is -1.41. The monoisotopic (exact) mass is 878 g/mol. The van der Waals surface area contributed by atoms with Gasteiger partial charge in [0.1, 0.15) is 110 Å². The van der Waals surface area contributed by atoms with Crippen molar-refractivity contribution in [1.82, 2.24) is 10.6 Å². The number of nitrogens with one attached hydrogen (secondary N) is 2. The molecule has 0 saturated carbocycles. The summed E-state index contributed by atoms with van der Waals surface area (Å²) in [6.45, 7) is 2.23. The maximum absolute atomic E-state index is 12.0. The van der Waals surface area contributed by atoms with Gasteiger partial charge in [0.25, 0.3) is 0 Å². The highest BCUT2D eigenvalue weighted by Crippen LogP contribution is 2.36. The number of hydrogen-bond acceptors (Lipinski definition) is 24. The Morgan fingerprint density at radius 3 is 1.33 bits per heavy atom. The predicted molar refractivity (Wildman–Crippen MR) is 187 cm³/mol. The zero-order valence-corrected chi connectivity index (χ0v) is 32.9. The van der Waals surface area contributed by atoms with Crippen LogP contribution < -0.4 is 10.6 Å². The molecule has 5 aliphatic rings. The van der Waals surface area contributed by atoms with Gasteiger partial charge in [0.2, 0.25) is 11.8 Å². The molecule has 2 amide bonds. The Balaban J connectivity index is 1.43. The molecule has 0 radical (unpaired) electrons. The zero-order valence-electron chi connectivity index (χ0n) is 32.9. The fourth-order valence-electron chi connectivity index (χ4n) is 7.68. The first-order valence-corrected chi connectivity index (χ1v) is 19.3. The smallest absolute Gasteiger partial charge is 0.217 e. The lowest BCUT2D eigenvalue weighted by atomic mass is 9.95. The van der Waals surface area contributed by atoms with Crippen LogP contribution in [0.4, 0.5) is 0 Å². The molecule has 5 rings (SSSR count). The van der Waals surface area contributed by atoms with E-state index < -0.39 is 185 Å². The van der Waals surface area contributed by atoms with Crippen molar-refractivity contribution in [3.8, 4) is 0 Å². The van der Waals surface area contributed by atoms with Crippen molar-refractivity contribution in [1.29, 1.82) is 0 Å². The number of hydrogen-bond donors (Lipinski definition) is 15. The first-order valence-electron chi connectivity index (χ1n) is 19.3. The Kier molecular flexibility index (Phi) is 16.9. The summed E-state index contributed by atoms with van der Waals surface area (Å²) in [6.07, 6.45) is -40.1. The van der Waals surface area contributed by atoms with Crippen LogP contribution in [0.5, 0.6) is 0 Å². The summed E-state index contributed by atoms with van der Waals surface area (Å²) in [5.41, 5.74) is 0. The van der Waals surface area contributed by atoms with Crippen molar-refractivity contribution in [2.75, 3.05) is 19.8 Å². The van der Waals surface area contributed by atoms with Crippen molar-refractivity contribution < 1.29 is 119 Å². The summed E-state index contributed by atoms with van der Waals surface area (Å²) < 4.78 is 51.8. The Morgan fingerprint density at radius 2 is 0.833 bits per heavy atom. The molecule has 26 heteroatoms. The second-order valence-corrected chi connectivity index (χ2v) is 15.4. The lowest BCUT2D eigenvalue weighted by molar-refractivity contribution is -0.399. The van der Waals surface area contributed by atoms with Crippen LogP contribution >= 0.6 is 0 Å². The predicted octanol–water partition coefficient (Wildman–Crippen LogP) is -9.58.